The molecule has 4 rings (SSSR count). The van der Waals surface area contributed by atoms with Crippen molar-refractivity contribution < 1.29 is 4.42 Å². The molecule has 2 aromatic heterocycles. The van der Waals surface area contributed by atoms with Gasteiger partial charge in [-0.15, -0.1) is 0 Å². The maximum absolute atomic E-state index is 5.66. The molecule has 1 aliphatic heterocycles. The first-order valence-electron chi connectivity index (χ1n) is 11.4. The zero-order valence-electron chi connectivity index (χ0n) is 19.0. The number of aliphatic imine (C=N–C) groups is 1. The molecule has 1 aliphatic rings. The number of piperidine rings is 1. The minimum absolute atomic E-state index is 0.538. The first kappa shape index (κ1) is 21.9. The van der Waals surface area contributed by atoms with Crippen LogP contribution in [0.15, 0.2) is 58.3 Å². The van der Waals surface area contributed by atoms with E-state index in [0.717, 1.165) is 48.2 Å². The SMILES string of the molecule is CCNC(=NCc1ccnc(N2CCCCC2)c1)NCc1coc(-c2ccc(C)cc2)n1. The molecule has 1 aromatic carbocycles. The molecule has 3 aromatic rings. The van der Waals surface area contributed by atoms with Gasteiger partial charge in [0, 0.05) is 31.4 Å². The number of aromatic nitrogens is 2. The number of rotatable bonds is 7. The van der Waals surface area contributed by atoms with E-state index in [0.29, 0.717) is 19.0 Å². The highest BCUT2D eigenvalue weighted by Crippen LogP contribution is 2.20. The van der Waals surface area contributed by atoms with Crippen molar-refractivity contribution in [3.63, 3.8) is 0 Å². The van der Waals surface area contributed by atoms with Gasteiger partial charge in [0.2, 0.25) is 5.89 Å². The van der Waals surface area contributed by atoms with E-state index in [-0.39, 0.29) is 0 Å². The Morgan fingerprint density at radius 3 is 2.69 bits per heavy atom. The Kier molecular flexibility index (Phi) is 7.38. The molecule has 0 unspecified atom stereocenters. The molecular formula is C25H32N6O. The van der Waals surface area contributed by atoms with Crippen molar-refractivity contribution in [2.45, 2.75) is 46.2 Å². The Balaban J connectivity index is 1.37. The minimum atomic E-state index is 0.538. The standard InChI is InChI=1S/C25H32N6O/c1-3-26-25(28-16-20-11-12-27-23(15-20)31-13-5-4-6-14-31)29-17-22-18-32-24(30-22)21-9-7-19(2)8-10-21/h7-12,15,18H,3-6,13-14,16-17H2,1-2H3,(H2,26,28,29). The third-order valence-corrected chi connectivity index (χ3v) is 5.54. The Morgan fingerprint density at radius 1 is 1.09 bits per heavy atom. The van der Waals surface area contributed by atoms with Gasteiger partial charge in [0.05, 0.1) is 18.8 Å². The molecule has 0 amide bonds. The largest absolute Gasteiger partial charge is 0.444 e. The second-order valence-corrected chi connectivity index (χ2v) is 8.13. The monoisotopic (exact) mass is 432 g/mol. The number of benzene rings is 1. The summed E-state index contributed by atoms with van der Waals surface area (Å²) in [6.07, 6.45) is 7.38. The van der Waals surface area contributed by atoms with Crippen LogP contribution >= 0.6 is 0 Å². The summed E-state index contributed by atoms with van der Waals surface area (Å²) in [6, 6.07) is 12.4. The lowest BCUT2D eigenvalue weighted by Crippen LogP contribution is -2.36. The third kappa shape index (κ3) is 5.87. The molecule has 0 aliphatic carbocycles. The van der Waals surface area contributed by atoms with Gasteiger partial charge in [-0.25, -0.2) is 15.0 Å². The van der Waals surface area contributed by atoms with Crippen LogP contribution in [0.4, 0.5) is 5.82 Å². The van der Waals surface area contributed by atoms with Gasteiger partial charge in [0.15, 0.2) is 5.96 Å². The van der Waals surface area contributed by atoms with Crippen molar-refractivity contribution in [2.24, 2.45) is 4.99 Å². The molecule has 168 valence electrons. The predicted octanol–water partition coefficient (Wildman–Crippen LogP) is 4.29. The number of hydrogen-bond donors (Lipinski definition) is 2. The Labute approximate surface area is 190 Å². The summed E-state index contributed by atoms with van der Waals surface area (Å²) in [4.78, 5) is 16.3. The topological polar surface area (TPSA) is 78.6 Å². The first-order valence-corrected chi connectivity index (χ1v) is 11.4. The fourth-order valence-electron chi connectivity index (χ4n) is 3.76. The van der Waals surface area contributed by atoms with Gasteiger partial charge < -0.3 is 20.0 Å². The lowest BCUT2D eigenvalue weighted by atomic mass is 10.1. The van der Waals surface area contributed by atoms with E-state index < -0.39 is 0 Å². The molecular weight excluding hydrogens is 400 g/mol. The molecule has 0 saturated carbocycles. The number of pyridine rings is 1. The Morgan fingerprint density at radius 2 is 1.91 bits per heavy atom. The summed E-state index contributed by atoms with van der Waals surface area (Å²) in [7, 11) is 0. The summed E-state index contributed by atoms with van der Waals surface area (Å²) in [5.41, 5.74) is 4.18. The Bertz CT molecular complexity index is 1020. The molecule has 3 heterocycles. The average molecular weight is 433 g/mol. The maximum atomic E-state index is 5.66. The van der Waals surface area contributed by atoms with Gasteiger partial charge in [-0.3, -0.25) is 0 Å². The van der Waals surface area contributed by atoms with E-state index in [4.69, 9.17) is 9.41 Å². The van der Waals surface area contributed by atoms with Gasteiger partial charge in [-0.05, 0) is 62.9 Å². The number of nitrogens with zero attached hydrogens (tertiary/aromatic N) is 4. The summed E-state index contributed by atoms with van der Waals surface area (Å²) in [6.45, 7) is 8.22. The number of guanidine groups is 1. The molecule has 7 nitrogen and oxygen atoms in total. The number of oxazole rings is 1. The van der Waals surface area contributed by atoms with Crippen LogP contribution in [0.2, 0.25) is 0 Å². The molecule has 1 saturated heterocycles. The highest BCUT2D eigenvalue weighted by atomic mass is 16.3. The third-order valence-electron chi connectivity index (χ3n) is 5.54. The van der Waals surface area contributed by atoms with E-state index >= 15 is 0 Å². The smallest absolute Gasteiger partial charge is 0.226 e. The lowest BCUT2D eigenvalue weighted by molar-refractivity contribution is 0.572. The van der Waals surface area contributed by atoms with Gasteiger partial charge in [-0.2, -0.15) is 0 Å². The van der Waals surface area contributed by atoms with E-state index in [1.807, 2.05) is 24.4 Å². The molecule has 0 atom stereocenters. The second-order valence-electron chi connectivity index (χ2n) is 8.13. The molecule has 1 fully saturated rings. The number of anilines is 1. The van der Waals surface area contributed by atoms with Crippen molar-refractivity contribution in [1.29, 1.82) is 0 Å². The van der Waals surface area contributed by atoms with E-state index in [1.165, 1.54) is 24.8 Å². The van der Waals surface area contributed by atoms with Crippen LogP contribution in [0.3, 0.4) is 0 Å². The van der Waals surface area contributed by atoms with Crippen molar-refractivity contribution in [3.8, 4) is 11.5 Å². The molecule has 0 spiro atoms. The summed E-state index contributed by atoms with van der Waals surface area (Å²) >= 11 is 0. The van der Waals surface area contributed by atoms with Crippen LogP contribution in [0.1, 0.15) is 43.0 Å². The maximum Gasteiger partial charge on any atom is 0.226 e. The van der Waals surface area contributed by atoms with Crippen LogP contribution in [0.5, 0.6) is 0 Å². The van der Waals surface area contributed by atoms with Crippen LogP contribution in [0, 0.1) is 6.92 Å². The van der Waals surface area contributed by atoms with E-state index in [1.54, 1.807) is 6.26 Å². The van der Waals surface area contributed by atoms with Gasteiger partial charge in [-0.1, -0.05) is 17.7 Å². The van der Waals surface area contributed by atoms with Gasteiger partial charge >= 0.3 is 0 Å². The van der Waals surface area contributed by atoms with E-state index in [2.05, 4.69) is 57.5 Å². The van der Waals surface area contributed by atoms with Crippen molar-refractivity contribution >= 4 is 11.8 Å². The summed E-state index contributed by atoms with van der Waals surface area (Å²) in [5, 5.41) is 6.65. The number of nitrogens with one attached hydrogen (secondary N) is 2. The lowest BCUT2D eigenvalue weighted by Gasteiger charge is -2.27. The zero-order chi connectivity index (χ0) is 22.2. The van der Waals surface area contributed by atoms with Crippen molar-refractivity contribution in [1.82, 2.24) is 20.6 Å². The number of aryl methyl sites for hydroxylation is 1. The Hall–Kier alpha value is -3.35. The molecule has 2 N–H and O–H groups in total. The molecule has 32 heavy (non-hydrogen) atoms. The van der Waals surface area contributed by atoms with Crippen molar-refractivity contribution in [3.05, 3.63) is 65.7 Å². The average Bonchev–Trinajstić information content (AvgIpc) is 3.31. The first-order chi connectivity index (χ1) is 15.7. The molecule has 0 radical (unpaired) electrons. The quantitative estimate of drug-likeness (QED) is 0.428. The predicted molar refractivity (Wildman–Crippen MR) is 129 cm³/mol. The fraction of sp³-hybridized carbons (Fsp3) is 0.400. The van der Waals surface area contributed by atoms with Crippen LogP contribution in [0.25, 0.3) is 11.5 Å². The van der Waals surface area contributed by atoms with Gasteiger partial charge in [0.1, 0.15) is 12.1 Å². The van der Waals surface area contributed by atoms with Crippen LogP contribution in [-0.2, 0) is 13.1 Å². The highest BCUT2D eigenvalue weighted by molar-refractivity contribution is 5.79. The second kappa shape index (κ2) is 10.8. The van der Waals surface area contributed by atoms with Gasteiger partial charge in [0.25, 0.3) is 0 Å². The number of hydrogen-bond acceptors (Lipinski definition) is 5. The van der Waals surface area contributed by atoms with E-state index in [9.17, 15) is 0 Å². The van der Waals surface area contributed by atoms with Crippen molar-refractivity contribution in [2.75, 3.05) is 24.5 Å². The summed E-state index contributed by atoms with van der Waals surface area (Å²) in [5.74, 6) is 2.44. The zero-order valence-corrected chi connectivity index (χ0v) is 19.0. The highest BCUT2D eigenvalue weighted by Gasteiger charge is 2.12. The van der Waals surface area contributed by atoms with Crippen LogP contribution < -0.4 is 15.5 Å². The molecule has 0 bridgehead atoms. The molecule has 7 heteroatoms. The minimum Gasteiger partial charge on any atom is -0.444 e. The normalized spacial score (nSPS) is 14.4. The summed E-state index contributed by atoms with van der Waals surface area (Å²) < 4.78 is 5.66. The van der Waals surface area contributed by atoms with Crippen LogP contribution in [-0.4, -0.2) is 35.6 Å². The fourth-order valence-corrected chi connectivity index (χ4v) is 3.76.